The number of hydrogen-bond acceptors (Lipinski definition) is 5. The minimum absolute atomic E-state index is 0.0677. The Kier molecular flexibility index (Phi) is 6.33. The molecule has 1 aliphatic heterocycles. The summed E-state index contributed by atoms with van der Waals surface area (Å²) in [6, 6.07) is 1.39. The first-order valence-corrected chi connectivity index (χ1v) is 11.2. The van der Waals surface area contributed by atoms with E-state index >= 15 is 0 Å². The number of nitrogens with zero attached hydrogens (tertiary/aromatic N) is 4. The average molecular weight is 462 g/mol. The molecule has 33 heavy (non-hydrogen) atoms. The molecular weight excluding hydrogens is 432 g/mol. The topological polar surface area (TPSA) is 123 Å². The van der Waals surface area contributed by atoms with Crippen LogP contribution in [-0.2, 0) is 0 Å². The van der Waals surface area contributed by atoms with E-state index in [1.54, 1.807) is 23.4 Å². The van der Waals surface area contributed by atoms with Crippen LogP contribution in [0.5, 0.6) is 0 Å². The molecule has 2 fully saturated rings. The predicted molar refractivity (Wildman–Crippen MR) is 120 cm³/mol. The maximum absolute atomic E-state index is 13.2. The number of H-pyrrole nitrogens is 2. The van der Waals surface area contributed by atoms with Gasteiger partial charge in [-0.25, -0.2) is 13.6 Å². The summed E-state index contributed by atoms with van der Waals surface area (Å²) in [7, 11) is 0. The SMILES string of the molecule is CCCC.O=C(Nc1cn[nH]c1-c1cc2[nH]ncc2cn1)N1CCC(O)(C(F)F)CC12CC2. The highest BCUT2D eigenvalue weighted by Crippen LogP contribution is 2.52. The van der Waals surface area contributed by atoms with Gasteiger partial charge in [-0.1, -0.05) is 26.7 Å². The van der Waals surface area contributed by atoms with E-state index in [2.05, 4.69) is 44.5 Å². The molecule has 4 heterocycles. The number of amides is 2. The number of anilines is 1. The van der Waals surface area contributed by atoms with E-state index in [1.807, 2.05) is 0 Å². The van der Waals surface area contributed by atoms with E-state index < -0.39 is 23.6 Å². The molecule has 0 aromatic carbocycles. The van der Waals surface area contributed by atoms with E-state index in [0.29, 0.717) is 29.9 Å². The molecule has 3 aromatic rings. The van der Waals surface area contributed by atoms with Crippen molar-refractivity contribution in [3.63, 3.8) is 0 Å². The van der Waals surface area contributed by atoms with Gasteiger partial charge in [-0.15, -0.1) is 0 Å². The molecule has 178 valence electrons. The lowest BCUT2D eigenvalue weighted by Crippen LogP contribution is -2.57. The van der Waals surface area contributed by atoms with Crippen LogP contribution in [0, 0.1) is 0 Å². The summed E-state index contributed by atoms with van der Waals surface area (Å²) in [5.74, 6) is 0. The molecule has 9 nitrogen and oxygen atoms in total. The van der Waals surface area contributed by atoms with Gasteiger partial charge < -0.3 is 15.3 Å². The lowest BCUT2D eigenvalue weighted by atomic mass is 9.85. The van der Waals surface area contributed by atoms with Gasteiger partial charge in [-0.2, -0.15) is 10.2 Å². The fourth-order valence-corrected chi connectivity index (χ4v) is 4.12. The number of rotatable bonds is 4. The summed E-state index contributed by atoms with van der Waals surface area (Å²) in [5, 5.41) is 27.5. The summed E-state index contributed by atoms with van der Waals surface area (Å²) in [6.07, 6.45) is 5.55. The van der Waals surface area contributed by atoms with E-state index in [4.69, 9.17) is 0 Å². The third-order valence-electron chi connectivity index (χ3n) is 6.42. The molecular formula is C22H29F2N7O2. The number of carbonyl (C=O) groups is 1. The lowest BCUT2D eigenvalue weighted by molar-refractivity contribution is -0.137. The van der Waals surface area contributed by atoms with Crippen molar-refractivity contribution in [1.29, 1.82) is 0 Å². The van der Waals surface area contributed by atoms with Crippen molar-refractivity contribution in [2.75, 3.05) is 11.9 Å². The number of fused-ring (bicyclic) bond motifs is 1. The van der Waals surface area contributed by atoms with Crippen LogP contribution in [-0.4, -0.2) is 65.5 Å². The monoisotopic (exact) mass is 461 g/mol. The number of piperidine rings is 1. The fourth-order valence-electron chi connectivity index (χ4n) is 4.12. The summed E-state index contributed by atoms with van der Waals surface area (Å²) >= 11 is 0. The van der Waals surface area contributed by atoms with Crippen molar-refractivity contribution in [3.8, 4) is 11.4 Å². The number of aliphatic hydroxyl groups is 1. The molecule has 0 bridgehead atoms. The number of pyridine rings is 1. The Balaban J connectivity index is 0.000000601. The highest BCUT2D eigenvalue weighted by molar-refractivity contribution is 5.94. The van der Waals surface area contributed by atoms with Crippen molar-refractivity contribution < 1.29 is 18.7 Å². The Morgan fingerprint density at radius 3 is 2.58 bits per heavy atom. The number of alkyl halides is 2. The van der Waals surface area contributed by atoms with Crippen LogP contribution in [0.25, 0.3) is 22.3 Å². The molecule has 0 radical (unpaired) electrons. The first kappa shape index (κ1) is 23.1. The van der Waals surface area contributed by atoms with Gasteiger partial charge in [0.1, 0.15) is 11.3 Å². The minimum Gasteiger partial charge on any atom is -0.384 e. The molecule has 1 unspecified atom stereocenters. The highest BCUT2D eigenvalue weighted by atomic mass is 19.3. The first-order valence-electron chi connectivity index (χ1n) is 11.2. The van der Waals surface area contributed by atoms with Gasteiger partial charge in [-0.3, -0.25) is 15.2 Å². The number of nitrogens with one attached hydrogen (secondary N) is 3. The molecule has 4 N–H and O–H groups in total. The van der Waals surface area contributed by atoms with Crippen LogP contribution in [0.4, 0.5) is 19.3 Å². The maximum atomic E-state index is 13.2. The molecule has 3 aromatic heterocycles. The lowest BCUT2D eigenvalue weighted by Gasteiger charge is -2.44. The molecule has 1 saturated carbocycles. The minimum atomic E-state index is -2.82. The van der Waals surface area contributed by atoms with Crippen LogP contribution in [0.3, 0.4) is 0 Å². The fraction of sp³-hybridized carbons (Fsp3) is 0.545. The zero-order chi connectivity index (χ0) is 23.6. The van der Waals surface area contributed by atoms with Gasteiger partial charge in [0.05, 0.1) is 29.3 Å². The number of hydrogen-bond donors (Lipinski definition) is 4. The number of carbonyl (C=O) groups excluding carboxylic acids is 1. The summed E-state index contributed by atoms with van der Waals surface area (Å²) < 4.78 is 26.5. The Labute approximate surface area is 190 Å². The predicted octanol–water partition coefficient (Wildman–Crippen LogP) is 4.31. The van der Waals surface area contributed by atoms with Crippen LogP contribution in [0.1, 0.15) is 52.4 Å². The second kappa shape index (κ2) is 9.05. The normalized spacial score (nSPS) is 21.2. The van der Waals surface area contributed by atoms with E-state index in [0.717, 1.165) is 10.9 Å². The number of unbranched alkanes of at least 4 members (excludes halogenated alkanes) is 1. The van der Waals surface area contributed by atoms with Crippen molar-refractivity contribution in [3.05, 3.63) is 24.7 Å². The first-order chi connectivity index (χ1) is 15.8. The average Bonchev–Trinajstić information content (AvgIpc) is 3.19. The molecule has 1 saturated heterocycles. The molecule has 1 spiro atoms. The van der Waals surface area contributed by atoms with E-state index in [9.17, 15) is 18.7 Å². The Morgan fingerprint density at radius 1 is 1.18 bits per heavy atom. The number of urea groups is 1. The third-order valence-corrected chi connectivity index (χ3v) is 6.42. The third kappa shape index (κ3) is 4.54. The van der Waals surface area contributed by atoms with E-state index in [1.165, 1.54) is 19.0 Å². The number of likely N-dealkylation sites (tertiary alicyclic amines) is 1. The van der Waals surface area contributed by atoms with Crippen LogP contribution >= 0.6 is 0 Å². The quantitative estimate of drug-likeness (QED) is 0.461. The summed E-state index contributed by atoms with van der Waals surface area (Å²) in [5.41, 5.74) is -0.405. The van der Waals surface area contributed by atoms with Crippen LogP contribution in [0.15, 0.2) is 24.7 Å². The van der Waals surface area contributed by atoms with Gasteiger partial charge in [0, 0.05) is 30.1 Å². The van der Waals surface area contributed by atoms with Gasteiger partial charge >= 0.3 is 6.03 Å². The largest absolute Gasteiger partial charge is 0.384 e. The number of aromatic nitrogens is 5. The highest BCUT2D eigenvalue weighted by Gasteiger charge is 2.60. The molecule has 2 amide bonds. The second-order valence-corrected chi connectivity index (χ2v) is 8.82. The van der Waals surface area contributed by atoms with Gasteiger partial charge in [-0.05, 0) is 25.3 Å². The van der Waals surface area contributed by atoms with Crippen LogP contribution < -0.4 is 5.32 Å². The standard InChI is InChI=1S/C18H19F2N7O2.C4H10/c19-15(20)18(29)3-4-27(17(9-18)1-2-17)16(28)24-13-8-23-26-14(13)12-5-11-10(6-21-12)7-22-25-11;1-3-4-2/h5-8,15,29H,1-4,9H2,(H,22,25)(H,23,26)(H,24,28);3-4H2,1-2H3. The van der Waals surface area contributed by atoms with Crippen LogP contribution in [0.2, 0.25) is 0 Å². The van der Waals surface area contributed by atoms with Crippen molar-refractivity contribution in [2.45, 2.75) is 69.9 Å². The van der Waals surface area contributed by atoms with Crippen molar-refractivity contribution in [2.24, 2.45) is 0 Å². The summed E-state index contributed by atoms with van der Waals surface area (Å²) in [4.78, 5) is 18.9. The van der Waals surface area contributed by atoms with Crippen molar-refractivity contribution in [1.82, 2.24) is 30.3 Å². The van der Waals surface area contributed by atoms with Crippen molar-refractivity contribution >= 4 is 22.6 Å². The van der Waals surface area contributed by atoms with Gasteiger partial charge in [0.25, 0.3) is 6.43 Å². The molecule has 5 rings (SSSR count). The zero-order valence-electron chi connectivity index (χ0n) is 18.7. The second-order valence-electron chi connectivity index (χ2n) is 8.82. The number of aromatic amines is 2. The molecule has 11 heteroatoms. The Hall–Kier alpha value is -3.08. The molecule has 1 atom stereocenters. The summed E-state index contributed by atoms with van der Waals surface area (Å²) in [6.45, 7) is 4.43. The Bertz CT molecular complexity index is 1110. The molecule has 1 aliphatic carbocycles. The number of halogens is 2. The van der Waals surface area contributed by atoms with Gasteiger partial charge in [0.2, 0.25) is 0 Å². The van der Waals surface area contributed by atoms with Gasteiger partial charge in [0.15, 0.2) is 0 Å². The smallest absolute Gasteiger partial charge is 0.322 e. The Morgan fingerprint density at radius 2 is 1.91 bits per heavy atom. The zero-order valence-corrected chi connectivity index (χ0v) is 18.7. The maximum Gasteiger partial charge on any atom is 0.322 e. The molecule has 2 aliphatic rings. The van der Waals surface area contributed by atoms with E-state index in [-0.39, 0.29) is 19.4 Å².